The minimum atomic E-state index is -1.86. The van der Waals surface area contributed by atoms with Crippen LogP contribution in [0.3, 0.4) is 0 Å². The average Bonchev–Trinajstić information content (AvgIpc) is 3.24. The fraction of sp³-hybridized carbons (Fsp3) is 0.618. The van der Waals surface area contributed by atoms with E-state index < -0.39 is 8.32 Å². The molecule has 1 aromatic carbocycles. The van der Waals surface area contributed by atoms with Crippen LogP contribution < -0.4 is 4.74 Å². The van der Waals surface area contributed by atoms with Gasteiger partial charge in [0.2, 0.25) is 0 Å². The Balaban J connectivity index is 1.77. The molecule has 0 aromatic heterocycles. The van der Waals surface area contributed by atoms with Gasteiger partial charge in [0, 0.05) is 24.2 Å². The largest absolute Gasteiger partial charge is 0.497 e. The van der Waals surface area contributed by atoms with Crippen molar-refractivity contribution in [3.63, 3.8) is 0 Å². The predicted octanol–water partition coefficient (Wildman–Crippen LogP) is 9.37. The zero-order chi connectivity index (χ0) is 28.7. The van der Waals surface area contributed by atoms with E-state index in [-0.39, 0.29) is 22.8 Å². The molecule has 0 saturated carbocycles. The minimum Gasteiger partial charge on any atom is -0.497 e. The molecule has 0 bridgehead atoms. The first-order valence-electron chi connectivity index (χ1n) is 15.0. The molecule has 0 aliphatic heterocycles. The summed E-state index contributed by atoms with van der Waals surface area (Å²) in [7, 11) is -0.179. The van der Waals surface area contributed by atoms with Gasteiger partial charge in [-0.3, -0.25) is 4.79 Å². The summed E-state index contributed by atoms with van der Waals surface area (Å²) in [4.78, 5) is 12.6. The maximum atomic E-state index is 12.6. The van der Waals surface area contributed by atoms with Gasteiger partial charge in [0.05, 0.1) is 13.7 Å². The van der Waals surface area contributed by atoms with E-state index in [0.29, 0.717) is 6.61 Å². The Labute approximate surface area is 240 Å². The Morgan fingerprint density at radius 3 is 2.44 bits per heavy atom. The molecule has 4 nitrogen and oxygen atoms in total. The van der Waals surface area contributed by atoms with E-state index >= 15 is 0 Å². The molecule has 0 unspecified atom stereocenters. The Morgan fingerprint density at radius 2 is 1.77 bits per heavy atom. The van der Waals surface area contributed by atoms with Crippen molar-refractivity contribution in [2.24, 2.45) is 5.92 Å². The highest BCUT2D eigenvalue weighted by Crippen LogP contribution is 2.38. The van der Waals surface area contributed by atoms with Crippen molar-refractivity contribution in [1.29, 1.82) is 0 Å². The van der Waals surface area contributed by atoms with Crippen molar-refractivity contribution in [3.8, 4) is 5.75 Å². The maximum Gasteiger partial charge on any atom is 0.192 e. The van der Waals surface area contributed by atoms with E-state index in [1.54, 1.807) is 13.2 Å². The van der Waals surface area contributed by atoms with E-state index in [1.807, 2.05) is 24.3 Å². The van der Waals surface area contributed by atoms with Crippen molar-refractivity contribution in [3.05, 3.63) is 65.8 Å². The maximum absolute atomic E-state index is 12.6. The number of allylic oxidation sites excluding steroid dienone is 5. The molecule has 218 valence electrons. The molecule has 0 saturated heterocycles. The van der Waals surface area contributed by atoms with E-state index in [2.05, 4.69) is 65.1 Å². The van der Waals surface area contributed by atoms with Crippen molar-refractivity contribution >= 4 is 14.1 Å². The number of hydrogen-bond donors (Lipinski definition) is 0. The minimum absolute atomic E-state index is 0.169. The molecule has 1 aromatic rings. The van der Waals surface area contributed by atoms with Crippen LogP contribution in [0.15, 0.2) is 60.2 Å². The van der Waals surface area contributed by atoms with Gasteiger partial charge in [-0.25, -0.2) is 0 Å². The lowest BCUT2D eigenvalue weighted by atomic mass is 9.95. The average molecular weight is 555 g/mol. The zero-order valence-corrected chi connectivity index (χ0v) is 26.8. The molecule has 0 radical (unpaired) electrons. The van der Waals surface area contributed by atoms with E-state index in [0.717, 1.165) is 62.0 Å². The van der Waals surface area contributed by atoms with Crippen LogP contribution >= 0.6 is 0 Å². The van der Waals surface area contributed by atoms with Crippen molar-refractivity contribution in [1.82, 2.24) is 0 Å². The predicted molar refractivity (Wildman–Crippen MR) is 167 cm³/mol. The second-order valence-electron chi connectivity index (χ2n) is 12.3. The number of ether oxygens (including phenoxy) is 2. The standard InChI is InChI=1S/C34H54O4Si/c1-8-9-13-17-31(38-39(6,7)34(2,3)4)23-24-32-29(20-25-33(32)35)16-14-11-10-12-15-26-37-27-28-18-21-30(36-5)22-19-28/h11,14,18-22,24-25,29,31H,8-10,12-13,15-17,23,26-27H2,1-7H3/b14-11-,32-24+/t29-,31-/m0/s1. The molecule has 0 N–H and O–H groups in total. The molecule has 39 heavy (non-hydrogen) atoms. The van der Waals surface area contributed by atoms with Gasteiger partial charge in [0.1, 0.15) is 5.75 Å². The SMILES string of the molecule is CCCCC[C@@H](C/C=C1/C(=O)C=C[C@@H]1C/C=C\CCCCOCc1ccc(OC)cc1)O[Si](C)(C)C(C)(C)C. The highest BCUT2D eigenvalue weighted by atomic mass is 28.4. The van der Waals surface area contributed by atoms with Crippen LogP contribution in [0, 0.1) is 5.92 Å². The Kier molecular flexibility index (Phi) is 14.5. The van der Waals surface area contributed by atoms with Gasteiger partial charge >= 0.3 is 0 Å². The second kappa shape index (κ2) is 17.0. The summed E-state index contributed by atoms with van der Waals surface area (Å²) in [6, 6.07) is 8.01. The van der Waals surface area contributed by atoms with Crippen molar-refractivity contribution in [2.45, 2.75) is 116 Å². The number of rotatable bonds is 18. The first kappa shape index (κ1) is 33.3. The molecular formula is C34H54O4Si. The number of ketones is 1. The molecule has 0 heterocycles. The fourth-order valence-corrected chi connectivity index (χ4v) is 5.88. The topological polar surface area (TPSA) is 44.8 Å². The van der Waals surface area contributed by atoms with Crippen LogP contribution in [-0.2, 0) is 20.6 Å². The van der Waals surface area contributed by atoms with Crippen LogP contribution in [0.1, 0.15) is 91.0 Å². The van der Waals surface area contributed by atoms with Crippen molar-refractivity contribution in [2.75, 3.05) is 13.7 Å². The summed E-state index contributed by atoms with van der Waals surface area (Å²) in [5.74, 6) is 1.22. The van der Waals surface area contributed by atoms with E-state index in [4.69, 9.17) is 13.9 Å². The Morgan fingerprint density at radius 1 is 1.03 bits per heavy atom. The third kappa shape index (κ3) is 12.0. The quantitative estimate of drug-likeness (QED) is 0.0785. The number of carbonyl (C=O) groups excluding carboxylic acids is 1. The first-order chi connectivity index (χ1) is 18.6. The molecule has 0 amide bonds. The third-order valence-electron chi connectivity index (χ3n) is 8.06. The summed E-state index contributed by atoms with van der Waals surface area (Å²) < 4.78 is 17.8. The van der Waals surface area contributed by atoms with Gasteiger partial charge in [-0.2, -0.15) is 0 Å². The van der Waals surface area contributed by atoms with Crippen LogP contribution in [0.25, 0.3) is 0 Å². The molecule has 5 heteroatoms. The fourth-order valence-electron chi connectivity index (χ4n) is 4.48. The summed E-state index contributed by atoms with van der Waals surface area (Å²) in [5, 5.41) is 0.184. The lowest BCUT2D eigenvalue weighted by molar-refractivity contribution is -0.111. The van der Waals surface area contributed by atoms with Crippen LogP contribution in [0.2, 0.25) is 18.1 Å². The van der Waals surface area contributed by atoms with E-state index in [1.165, 1.54) is 19.3 Å². The van der Waals surface area contributed by atoms with E-state index in [9.17, 15) is 4.79 Å². The molecular weight excluding hydrogens is 500 g/mol. The summed E-state index contributed by atoms with van der Waals surface area (Å²) in [5.41, 5.74) is 2.11. The molecule has 0 spiro atoms. The molecule has 1 aliphatic rings. The summed E-state index contributed by atoms with van der Waals surface area (Å²) >= 11 is 0. The lowest BCUT2D eigenvalue weighted by Gasteiger charge is -2.39. The number of benzene rings is 1. The smallest absolute Gasteiger partial charge is 0.192 e. The van der Waals surface area contributed by atoms with Gasteiger partial charge in [-0.15, -0.1) is 0 Å². The molecule has 2 atom stereocenters. The van der Waals surface area contributed by atoms with Gasteiger partial charge in [0.15, 0.2) is 14.1 Å². The number of carbonyl (C=O) groups is 1. The van der Waals surface area contributed by atoms with Crippen LogP contribution in [0.4, 0.5) is 0 Å². The molecule has 1 aliphatic carbocycles. The second-order valence-corrected chi connectivity index (χ2v) is 17.1. The van der Waals surface area contributed by atoms with Gasteiger partial charge in [0.25, 0.3) is 0 Å². The van der Waals surface area contributed by atoms with Crippen molar-refractivity contribution < 1.29 is 18.7 Å². The van der Waals surface area contributed by atoms with Gasteiger partial charge in [-0.1, -0.05) is 83.4 Å². The normalized spacial score (nSPS) is 18.0. The Hall–Kier alpha value is -1.95. The van der Waals surface area contributed by atoms with Gasteiger partial charge < -0.3 is 13.9 Å². The third-order valence-corrected chi connectivity index (χ3v) is 12.6. The van der Waals surface area contributed by atoms with Crippen LogP contribution in [0.5, 0.6) is 5.75 Å². The highest BCUT2D eigenvalue weighted by Gasteiger charge is 2.39. The molecule has 2 rings (SSSR count). The number of hydrogen-bond acceptors (Lipinski definition) is 4. The number of unbranched alkanes of at least 4 members (excludes halogenated alkanes) is 4. The monoisotopic (exact) mass is 554 g/mol. The summed E-state index contributed by atoms with van der Waals surface area (Å²) in [6.07, 6.45) is 20.3. The lowest BCUT2D eigenvalue weighted by Crippen LogP contribution is -2.43. The zero-order valence-electron chi connectivity index (χ0n) is 25.8. The highest BCUT2D eigenvalue weighted by molar-refractivity contribution is 6.74. The van der Waals surface area contributed by atoms with Crippen LogP contribution in [-0.4, -0.2) is 33.9 Å². The first-order valence-corrected chi connectivity index (χ1v) is 17.9. The summed E-state index contributed by atoms with van der Waals surface area (Å²) in [6.45, 7) is 15.2. The number of methoxy groups -OCH3 is 1. The molecule has 0 fully saturated rings. The Bertz CT molecular complexity index is 937. The van der Waals surface area contributed by atoms with Gasteiger partial charge in [-0.05, 0) is 80.4 Å².